The number of likely N-dealkylation sites (N-methyl/N-ethyl adjacent to an activating group) is 2. The number of aliphatic hydroxyl groups is 1. The molecule has 0 unspecified atom stereocenters. The topological polar surface area (TPSA) is 111 Å². The van der Waals surface area contributed by atoms with E-state index in [2.05, 4.69) is 47.3 Å². The van der Waals surface area contributed by atoms with Crippen molar-refractivity contribution in [3.8, 4) is 5.75 Å². The molecular formula is C27H36Cl2N8O2. The van der Waals surface area contributed by atoms with E-state index in [-0.39, 0.29) is 5.95 Å². The number of anilines is 6. The number of hydrogen-bond acceptors (Lipinski definition) is 10. The number of hydrogen-bond donors (Lipinski definition) is 4. The number of halogens is 2. The van der Waals surface area contributed by atoms with Gasteiger partial charge in [0.2, 0.25) is 11.9 Å². The minimum Gasteiger partial charge on any atom is -0.494 e. The van der Waals surface area contributed by atoms with E-state index in [9.17, 15) is 5.11 Å². The smallest absolute Gasteiger partial charge is 0.232 e. The van der Waals surface area contributed by atoms with Gasteiger partial charge in [-0.3, -0.25) is 0 Å². The Balaban J connectivity index is 1.94. The number of benzene rings is 2. The highest BCUT2D eigenvalue weighted by atomic mass is 35.5. The average molecular weight is 576 g/mol. The van der Waals surface area contributed by atoms with Gasteiger partial charge in [0.1, 0.15) is 12.1 Å². The molecular weight excluding hydrogens is 539 g/mol. The van der Waals surface area contributed by atoms with Crippen LogP contribution in [-0.2, 0) is 5.60 Å². The molecule has 0 saturated carbocycles. The predicted molar refractivity (Wildman–Crippen MR) is 162 cm³/mol. The van der Waals surface area contributed by atoms with Crippen LogP contribution in [0.3, 0.4) is 0 Å². The fourth-order valence-corrected chi connectivity index (χ4v) is 4.09. The zero-order chi connectivity index (χ0) is 28.7. The van der Waals surface area contributed by atoms with Gasteiger partial charge in [0, 0.05) is 44.0 Å². The van der Waals surface area contributed by atoms with Crippen molar-refractivity contribution in [3.63, 3.8) is 0 Å². The lowest BCUT2D eigenvalue weighted by atomic mass is 9.96. The molecule has 39 heavy (non-hydrogen) atoms. The van der Waals surface area contributed by atoms with Gasteiger partial charge in [-0.2, -0.15) is 4.98 Å². The molecule has 0 radical (unpaired) electrons. The van der Waals surface area contributed by atoms with Crippen LogP contribution >= 0.6 is 23.2 Å². The van der Waals surface area contributed by atoms with E-state index in [1.165, 1.54) is 6.33 Å². The molecule has 3 rings (SSSR count). The monoisotopic (exact) mass is 574 g/mol. The van der Waals surface area contributed by atoms with Gasteiger partial charge >= 0.3 is 0 Å². The number of nitrogens with one attached hydrogen (secondary N) is 3. The maximum absolute atomic E-state index is 10.6. The van der Waals surface area contributed by atoms with Crippen molar-refractivity contribution in [2.24, 2.45) is 0 Å². The number of rotatable bonds is 13. The Bertz CT molecular complexity index is 1300. The molecule has 0 aliphatic heterocycles. The SMILES string of the molecule is C=CCNc1cc(Nc2ncnc(Nc3cc(Cl)c(Cl)cc3C(C)(C)O)n2)c(OC)cc1N(C)CCN(C)C. The molecule has 3 aromatic rings. The lowest BCUT2D eigenvalue weighted by Gasteiger charge is -2.26. The minimum absolute atomic E-state index is 0.250. The summed E-state index contributed by atoms with van der Waals surface area (Å²) in [6.07, 6.45) is 3.18. The van der Waals surface area contributed by atoms with Gasteiger partial charge in [-0.15, -0.1) is 6.58 Å². The van der Waals surface area contributed by atoms with E-state index in [0.29, 0.717) is 45.2 Å². The molecule has 0 fully saturated rings. The summed E-state index contributed by atoms with van der Waals surface area (Å²) in [6.45, 7) is 9.45. The Morgan fingerprint density at radius 2 is 1.62 bits per heavy atom. The number of nitrogens with zero attached hydrogens (tertiary/aromatic N) is 5. The van der Waals surface area contributed by atoms with Crippen molar-refractivity contribution in [2.75, 3.05) is 68.7 Å². The highest BCUT2D eigenvalue weighted by Gasteiger charge is 2.23. The van der Waals surface area contributed by atoms with Crippen LogP contribution in [0.15, 0.2) is 43.2 Å². The predicted octanol–water partition coefficient (Wildman–Crippen LogP) is 5.50. The van der Waals surface area contributed by atoms with Gasteiger partial charge in [-0.25, -0.2) is 9.97 Å². The molecule has 0 aliphatic rings. The summed E-state index contributed by atoms with van der Waals surface area (Å²) in [5.74, 6) is 1.16. The van der Waals surface area contributed by atoms with Gasteiger partial charge in [0.05, 0.1) is 39.8 Å². The summed E-state index contributed by atoms with van der Waals surface area (Å²) < 4.78 is 5.71. The van der Waals surface area contributed by atoms with E-state index in [1.54, 1.807) is 39.2 Å². The second kappa shape index (κ2) is 13.2. The largest absolute Gasteiger partial charge is 0.494 e. The summed E-state index contributed by atoms with van der Waals surface area (Å²) in [5.41, 5.74) is 2.43. The van der Waals surface area contributed by atoms with E-state index >= 15 is 0 Å². The number of methoxy groups -OCH3 is 1. The maximum atomic E-state index is 10.6. The fourth-order valence-electron chi connectivity index (χ4n) is 3.76. The summed E-state index contributed by atoms with van der Waals surface area (Å²) in [7, 11) is 7.75. The van der Waals surface area contributed by atoms with Gasteiger partial charge < -0.3 is 35.6 Å². The highest BCUT2D eigenvalue weighted by Crippen LogP contribution is 2.38. The average Bonchev–Trinajstić information content (AvgIpc) is 2.87. The highest BCUT2D eigenvalue weighted by molar-refractivity contribution is 6.42. The first-order valence-electron chi connectivity index (χ1n) is 12.3. The standard InChI is InChI=1S/C27H36Cl2N8O2/c1-8-9-30-21-14-22(24(39-7)15-23(21)37(6)11-10-36(4)5)34-26-32-16-31-25(35-26)33-20-13-19(29)18(28)12-17(20)27(2,3)38/h8,12-16,30,38H,1,9-11H2,2-7H3,(H2,31,32,33,34,35). The van der Waals surface area contributed by atoms with Gasteiger partial charge in [0.15, 0.2) is 0 Å². The Morgan fingerprint density at radius 3 is 2.21 bits per heavy atom. The van der Waals surface area contributed by atoms with Crippen LogP contribution in [0.25, 0.3) is 0 Å². The second-order valence-corrected chi connectivity index (χ2v) is 10.5. The van der Waals surface area contributed by atoms with Crippen LogP contribution in [0.1, 0.15) is 19.4 Å². The van der Waals surface area contributed by atoms with Crippen LogP contribution in [0.2, 0.25) is 10.0 Å². The summed E-state index contributed by atoms with van der Waals surface area (Å²) in [4.78, 5) is 17.3. The molecule has 1 heterocycles. The molecule has 4 N–H and O–H groups in total. The normalized spacial score (nSPS) is 11.3. The molecule has 0 saturated heterocycles. The van der Waals surface area contributed by atoms with Crippen LogP contribution in [0.5, 0.6) is 5.75 Å². The van der Waals surface area contributed by atoms with Crippen molar-refractivity contribution in [1.29, 1.82) is 0 Å². The molecule has 210 valence electrons. The van der Waals surface area contributed by atoms with Crippen molar-refractivity contribution in [1.82, 2.24) is 19.9 Å². The van der Waals surface area contributed by atoms with Gasteiger partial charge in [-0.05, 0) is 46.1 Å². The van der Waals surface area contributed by atoms with Crippen molar-refractivity contribution >= 4 is 57.8 Å². The number of ether oxygens (including phenoxy) is 1. The van der Waals surface area contributed by atoms with Crippen LogP contribution in [0, 0.1) is 0 Å². The van der Waals surface area contributed by atoms with E-state index in [0.717, 1.165) is 24.5 Å². The molecule has 12 heteroatoms. The first kappa shape index (κ1) is 30.2. The van der Waals surface area contributed by atoms with E-state index < -0.39 is 5.60 Å². The Kier molecular flexibility index (Phi) is 10.2. The van der Waals surface area contributed by atoms with E-state index in [1.807, 2.05) is 33.3 Å². The van der Waals surface area contributed by atoms with Crippen LogP contribution in [0.4, 0.5) is 34.6 Å². The summed E-state index contributed by atoms with van der Waals surface area (Å²) in [6, 6.07) is 7.16. The fraction of sp³-hybridized carbons (Fsp3) is 0.370. The molecule has 10 nitrogen and oxygen atoms in total. The number of aromatic nitrogens is 3. The molecule has 0 amide bonds. The molecule has 0 atom stereocenters. The third-order valence-electron chi connectivity index (χ3n) is 5.83. The van der Waals surface area contributed by atoms with E-state index in [4.69, 9.17) is 27.9 Å². The summed E-state index contributed by atoms with van der Waals surface area (Å²) >= 11 is 12.4. The first-order valence-corrected chi connectivity index (χ1v) is 13.1. The molecule has 2 aromatic carbocycles. The van der Waals surface area contributed by atoms with Gasteiger partial charge in [0.25, 0.3) is 0 Å². The Hall–Kier alpha value is -3.31. The third-order valence-corrected chi connectivity index (χ3v) is 6.56. The minimum atomic E-state index is -1.19. The lowest BCUT2D eigenvalue weighted by molar-refractivity contribution is 0.0794. The van der Waals surface area contributed by atoms with Crippen molar-refractivity contribution in [2.45, 2.75) is 19.4 Å². The molecule has 1 aromatic heterocycles. The summed E-state index contributed by atoms with van der Waals surface area (Å²) in [5, 5.41) is 21.1. The van der Waals surface area contributed by atoms with Gasteiger partial charge in [-0.1, -0.05) is 29.3 Å². The lowest BCUT2D eigenvalue weighted by Crippen LogP contribution is -2.29. The molecule has 0 bridgehead atoms. The van der Waals surface area contributed by atoms with Crippen molar-refractivity contribution in [3.05, 3.63) is 58.9 Å². The van der Waals surface area contributed by atoms with Crippen molar-refractivity contribution < 1.29 is 9.84 Å². The Labute approximate surface area is 240 Å². The third kappa shape index (κ3) is 8.09. The Morgan fingerprint density at radius 1 is 0.974 bits per heavy atom. The zero-order valence-electron chi connectivity index (χ0n) is 23.1. The van der Waals surface area contributed by atoms with Crippen LogP contribution < -0.4 is 25.6 Å². The quantitative estimate of drug-likeness (QED) is 0.195. The first-order chi connectivity index (χ1) is 18.4. The maximum Gasteiger partial charge on any atom is 0.232 e. The molecule has 0 aliphatic carbocycles. The second-order valence-electron chi connectivity index (χ2n) is 9.72. The molecule has 0 spiro atoms. The zero-order valence-corrected chi connectivity index (χ0v) is 24.7. The van der Waals surface area contributed by atoms with Crippen LogP contribution in [-0.4, -0.2) is 72.8 Å².